The van der Waals surface area contributed by atoms with Crippen LogP contribution < -0.4 is 15.4 Å². The Balaban J connectivity index is 1.42. The number of ether oxygens (including phenoxy) is 2. The van der Waals surface area contributed by atoms with Gasteiger partial charge in [0.05, 0.1) is 43.6 Å². The summed E-state index contributed by atoms with van der Waals surface area (Å²) in [7, 11) is 3.84. The number of hydrogen-bond donors (Lipinski definition) is 2. The van der Waals surface area contributed by atoms with Gasteiger partial charge in [-0.05, 0) is 36.7 Å². The fourth-order valence-electron chi connectivity index (χ4n) is 4.11. The van der Waals surface area contributed by atoms with Gasteiger partial charge in [0.2, 0.25) is 5.95 Å². The molecule has 1 fully saturated rings. The van der Waals surface area contributed by atoms with Crippen LogP contribution in [-0.4, -0.2) is 71.2 Å². The molecule has 0 aliphatic carbocycles. The van der Waals surface area contributed by atoms with Crippen LogP contribution in [0.3, 0.4) is 0 Å². The molecule has 1 saturated heterocycles. The number of nitrogens with one attached hydrogen (secondary N) is 2. The van der Waals surface area contributed by atoms with Gasteiger partial charge in [0.1, 0.15) is 5.75 Å². The predicted molar refractivity (Wildman–Crippen MR) is 114 cm³/mol. The lowest BCUT2D eigenvalue weighted by Gasteiger charge is -2.26. The number of aromatic nitrogens is 4. The lowest BCUT2D eigenvalue weighted by molar-refractivity contribution is 0.0168. The summed E-state index contributed by atoms with van der Waals surface area (Å²) < 4.78 is 13.3. The van der Waals surface area contributed by atoms with Gasteiger partial charge >= 0.3 is 0 Å². The molecule has 9 heteroatoms. The summed E-state index contributed by atoms with van der Waals surface area (Å²) in [5.74, 6) is 1.33. The molecular weight excluding hydrogens is 382 g/mol. The Bertz CT molecular complexity index is 1050. The Morgan fingerprint density at radius 2 is 2.23 bits per heavy atom. The molecule has 2 N–H and O–H groups in total. The topological polar surface area (TPSA) is 89.4 Å². The van der Waals surface area contributed by atoms with E-state index >= 15 is 0 Å². The van der Waals surface area contributed by atoms with E-state index in [9.17, 15) is 0 Å². The molecule has 30 heavy (non-hydrogen) atoms. The molecule has 0 unspecified atom stereocenters. The summed E-state index contributed by atoms with van der Waals surface area (Å²) >= 11 is 0. The number of hydrogen-bond acceptors (Lipinski definition) is 8. The van der Waals surface area contributed by atoms with E-state index in [1.165, 1.54) is 11.1 Å². The second-order valence-electron chi connectivity index (χ2n) is 7.93. The molecule has 9 nitrogen and oxygen atoms in total. The molecule has 2 aliphatic heterocycles. The summed E-state index contributed by atoms with van der Waals surface area (Å²) in [4.78, 5) is 11.5. The zero-order valence-corrected chi connectivity index (χ0v) is 17.4. The van der Waals surface area contributed by atoms with E-state index in [0.717, 1.165) is 61.7 Å². The van der Waals surface area contributed by atoms with Crippen molar-refractivity contribution in [2.45, 2.75) is 25.6 Å². The zero-order chi connectivity index (χ0) is 20.5. The van der Waals surface area contributed by atoms with Crippen LogP contribution in [-0.2, 0) is 24.2 Å². The second-order valence-corrected chi connectivity index (χ2v) is 7.93. The number of nitrogens with zero attached hydrogens (tertiary/aromatic N) is 5. The van der Waals surface area contributed by atoms with Crippen molar-refractivity contribution < 1.29 is 9.47 Å². The molecule has 3 aromatic rings. The summed E-state index contributed by atoms with van der Waals surface area (Å²) in [6.45, 7) is 5.08. The van der Waals surface area contributed by atoms with Gasteiger partial charge < -0.3 is 25.0 Å². The van der Waals surface area contributed by atoms with Crippen LogP contribution in [0.2, 0.25) is 0 Å². The van der Waals surface area contributed by atoms with Crippen molar-refractivity contribution in [3.63, 3.8) is 0 Å². The fraction of sp³-hybridized carbons (Fsp3) is 0.476. The smallest absolute Gasteiger partial charge is 0.229 e. The minimum Gasteiger partial charge on any atom is -0.495 e. The van der Waals surface area contributed by atoms with Crippen LogP contribution in [0.25, 0.3) is 11.0 Å². The molecule has 1 aromatic carbocycles. The number of anilines is 2. The van der Waals surface area contributed by atoms with Crippen molar-refractivity contribution in [1.82, 2.24) is 30.0 Å². The largest absolute Gasteiger partial charge is 0.495 e. The molecule has 1 atom stereocenters. The fourth-order valence-corrected chi connectivity index (χ4v) is 4.11. The minimum absolute atomic E-state index is 0.0888. The van der Waals surface area contributed by atoms with Crippen LogP contribution in [0.1, 0.15) is 11.1 Å². The van der Waals surface area contributed by atoms with E-state index in [0.29, 0.717) is 12.5 Å². The highest BCUT2D eigenvalue weighted by atomic mass is 16.5. The first-order chi connectivity index (χ1) is 14.7. The molecule has 5 rings (SSSR count). The van der Waals surface area contributed by atoms with Gasteiger partial charge in [-0.1, -0.05) is 0 Å². The standard InChI is InChI=1S/C21H27N7O2/c1-27-5-3-14-8-19(29-2)18(7-15(14)12-27)25-21-23-9-16-10-24-28(20(16)26-21)13-17-11-22-4-6-30-17/h7-10,17,22H,3-6,11-13H2,1-2H3,(H,23,25,26)/t17-/m1/s1. The highest BCUT2D eigenvalue weighted by molar-refractivity contribution is 5.76. The van der Waals surface area contributed by atoms with Gasteiger partial charge in [0, 0.05) is 32.4 Å². The van der Waals surface area contributed by atoms with Gasteiger partial charge in [-0.15, -0.1) is 0 Å². The van der Waals surface area contributed by atoms with Gasteiger partial charge in [0.15, 0.2) is 5.65 Å². The molecule has 0 bridgehead atoms. The average Bonchev–Trinajstić information content (AvgIpc) is 3.16. The van der Waals surface area contributed by atoms with E-state index in [4.69, 9.17) is 14.5 Å². The number of rotatable bonds is 5. The maximum atomic E-state index is 5.81. The van der Waals surface area contributed by atoms with Gasteiger partial charge in [0.25, 0.3) is 0 Å². The Labute approximate surface area is 175 Å². The van der Waals surface area contributed by atoms with Crippen LogP contribution in [0, 0.1) is 0 Å². The Kier molecular flexibility index (Phi) is 5.24. The maximum absolute atomic E-state index is 5.81. The van der Waals surface area contributed by atoms with Crippen LogP contribution in [0.5, 0.6) is 5.75 Å². The van der Waals surface area contributed by atoms with Crippen molar-refractivity contribution in [3.8, 4) is 5.75 Å². The lowest BCUT2D eigenvalue weighted by atomic mass is 9.99. The van der Waals surface area contributed by atoms with Crippen molar-refractivity contribution >= 4 is 22.7 Å². The van der Waals surface area contributed by atoms with E-state index in [-0.39, 0.29) is 6.10 Å². The zero-order valence-electron chi connectivity index (χ0n) is 17.4. The third-order valence-corrected chi connectivity index (χ3v) is 5.73. The van der Waals surface area contributed by atoms with Crippen LogP contribution in [0.4, 0.5) is 11.6 Å². The third-order valence-electron chi connectivity index (χ3n) is 5.73. The van der Waals surface area contributed by atoms with E-state index in [1.807, 2.05) is 4.68 Å². The SMILES string of the molecule is COc1cc2c(cc1Nc1ncc3cnn(C[C@H]4CNCCO4)c3n1)CN(C)CC2. The maximum Gasteiger partial charge on any atom is 0.229 e. The second kappa shape index (κ2) is 8.17. The van der Waals surface area contributed by atoms with Gasteiger partial charge in [-0.2, -0.15) is 10.1 Å². The van der Waals surface area contributed by atoms with E-state index in [2.05, 4.69) is 44.8 Å². The van der Waals surface area contributed by atoms with E-state index < -0.39 is 0 Å². The van der Waals surface area contributed by atoms with Crippen molar-refractivity contribution in [2.24, 2.45) is 0 Å². The molecule has 4 heterocycles. The molecule has 2 aromatic heterocycles. The number of fused-ring (bicyclic) bond motifs is 2. The molecule has 158 valence electrons. The molecule has 2 aliphatic rings. The third kappa shape index (κ3) is 3.83. The highest BCUT2D eigenvalue weighted by Crippen LogP contribution is 2.33. The molecule has 0 spiro atoms. The first-order valence-electron chi connectivity index (χ1n) is 10.4. The van der Waals surface area contributed by atoms with Crippen molar-refractivity contribution in [3.05, 3.63) is 35.7 Å². The Morgan fingerprint density at radius 3 is 3.07 bits per heavy atom. The number of morpholine rings is 1. The lowest BCUT2D eigenvalue weighted by Crippen LogP contribution is -2.40. The molecule has 0 amide bonds. The molecular formula is C21H27N7O2. The summed E-state index contributed by atoms with van der Waals surface area (Å²) in [6.07, 6.45) is 4.71. The Morgan fingerprint density at radius 1 is 1.30 bits per heavy atom. The average molecular weight is 409 g/mol. The minimum atomic E-state index is 0.0888. The first-order valence-corrected chi connectivity index (χ1v) is 10.4. The first kappa shape index (κ1) is 19.2. The van der Waals surface area contributed by atoms with Crippen molar-refractivity contribution in [2.75, 3.05) is 45.7 Å². The van der Waals surface area contributed by atoms with Crippen molar-refractivity contribution in [1.29, 1.82) is 0 Å². The molecule has 0 saturated carbocycles. The summed E-state index contributed by atoms with van der Waals surface area (Å²) in [5, 5.41) is 12.1. The summed E-state index contributed by atoms with van der Waals surface area (Å²) in [6, 6.07) is 4.27. The Hall–Kier alpha value is -2.75. The normalized spacial score (nSPS) is 19.6. The van der Waals surface area contributed by atoms with Gasteiger partial charge in [-0.3, -0.25) is 0 Å². The highest BCUT2D eigenvalue weighted by Gasteiger charge is 2.19. The quantitative estimate of drug-likeness (QED) is 0.656. The number of benzene rings is 1. The van der Waals surface area contributed by atoms with Crippen LogP contribution in [0.15, 0.2) is 24.5 Å². The van der Waals surface area contributed by atoms with E-state index in [1.54, 1.807) is 19.5 Å². The number of likely N-dealkylation sites (N-methyl/N-ethyl adjacent to an activating group) is 1. The summed E-state index contributed by atoms with van der Waals surface area (Å²) in [5.41, 5.74) is 4.31. The molecule has 0 radical (unpaired) electrons. The number of methoxy groups -OCH3 is 1. The van der Waals surface area contributed by atoms with Gasteiger partial charge in [-0.25, -0.2) is 9.67 Å². The van der Waals surface area contributed by atoms with Crippen LogP contribution >= 0.6 is 0 Å². The predicted octanol–water partition coefficient (Wildman–Crippen LogP) is 1.55. The monoisotopic (exact) mass is 409 g/mol.